The molecule has 1 rings (SSSR count). The minimum Gasteiger partial charge on any atom is -0.496 e. The summed E-state index contributed by atoms with van der Waals surface area (Å²) in [4.78, 5) is 21.8. The topological polar surface area (TPSA) is 75.6 Å². The summed E-state index contributed by atoms with van der Waals surface area (Å²) in [5.74, 6) is -1.15. The van der Waals surface area contributed by atoms with Crippen molar-refractivity contribution in [2.24, 2.45) is 0 Å². The summed E-state index contributed by atoms with van der Waals surface area (Å²) >= 11 is 3.12. The molecule has 6 heteroatoms. The fourth-order valence-electron chi connectivity index (χ4n) is 1.23. The van der Waals surface area contributed by atoms with Gasteiger partial charge >= 0.3 is 5.97 Å². The Labute approximate surface area is 101 Å². The van der Waals surface area contributed by atoms with E-state index >= 15 is 0 Å². The van der Waals surface area contributed by atoms with E-state index < -0.39 is 5.97 Å². The van der Waals surface area contributed by atoms with E-state index in [1.54, 1.807) is 0 Å². The Hall–Kier alpha value is -1.56. The third-order valence-electron chi connectivity index (χ3n) is 1.81. The molecule has 0 saturated heterocycles. The third-order valence-corrected chi connectivity index (χ3v) is 2.43. The number of rotatable bonds is 3. The predicted molar refractivity (Wildman–Crippen MR) is 62.0 cm³/mol. The zero-order valence-electron chi connectivity index (χ0n) is 8.70. The molecule has 16 heavy (non-hydrogen) atoms. The van der Waals surface area contributed by atoms with Crippen LogP contribution in [0.3, 0.4) is 0 Å². The molecular formula is C10H10BrNO4. The van der Waals surface area contributed by atoms with E-state index in [-0.39, 0.29) is 17.2 Å². The molecule has 86 valence electrons. The van der Waals surface area contributed by atoms with Gasteiger partial charge in [0.2, 0.25) is 5.91 Å². The number of hydrogen-bond acceptors (Lipinski definition) is 3. The highest BCUT2D eigenvalue weighted by Crippen LogP contribution is 2.31. The Kier molecular flexibility index (Phi) is 3.89. The Morgan fingerprint density at radius 3 is 2.50 bits per heavy atom. The summed E-state index contributed by atoms with van der Waals surface area (Å²) in [7, 11) is 1.37. The smallest absolute Gasteiger partial charge is 0.340 e. The Morgan fingerprint density at radius 1 is 1.44 bits per heavy atom. The summed E-state index contributed by atoms with van der Waals surface area (Å²) in [6, 6.07) is 2.96. The van der Waals surface area contributed by atoms with Gasteiger partial charge in [-0.2, -0.15) is 0 Å². The molecule has 2 N–H and O–H groups in total. The molecule has 0 spiro atoms. The lowest BCUT2D eigenvalue weighted by Gasteiger charge is -2.10. The number of methoxy groups -OCH3 is 1. The van der Waals surface area contributed by atoms with Gasteiger partial charge in [-0.3, -0.25) is 4.79 Å². The molecule has 0 heterocycles. The number of halogens is 1. The molecule has 1 aromatic carbocycles. The molecule has 5 nitrogen and oxygen atoms in total. The van der Waals surface area contributed by atoms with Gasteiger partial charge in [-0.05, 0) is 22.0 Å². The lowest BCUT2D eigenvalue weighted by Crippen LogP contribution is -2.08. The minimum atomic E-state index is -1.10. The van der Waals surface area contributed by atoms with Crippen LogP contribution in [0.5, 0.6) is 5.75 Å². The fourth-order valence-corrected chi connectivity index (χ4v) is 1.84. The first-order valence-corrected chi connectivity index (χ1v) is 5.13. The van der Waals surface area contributed by atoms with Gasteiger partial charge in [0.15, 0.2) is 0 Å². The van der Waals surface area contributed by atoms with Crippen LogP contribution in [0.25, 0.3) is 0 Å². The number of anilines is 1. The molecule has 0 atom stereocenters. The maximum Gasteiger partial charge on any atom is 0.340 e. The van der Waals surface area contributed by atoms with Crippen LogP contribution in [-0.2, 0) is 4.79 Å². The van der Waals surface area contributed by atoms with Crippen molar-refractivity contribution >= 4 is 33.5 Å². The van der Waals surface area contributed by atoms with Gasteiger partial charge in [-0.25, -0.2) is 4.79 Å². The highest BCUT2D eigenvalue weighted by atomic mass is 79.9. The second-order valence-corrected chi connectivity index (χ2v) is 3.88. The number of carboxylic acid groups (broad SMARTS) is 1. The average molecular weight is 288 g/mol. The number of carbonyl (C=O) groups excluding carboxylic acids is 1. The molecular weight excluding hydrogens is 278 g/mol. The molecule has 0 saturated carbocycles. The molecule has 0 unspecified atom stereocenters. The highest BCUT2D eigenvalue weighted by Gasteiger charge is 2.16. The number of amides is 1. The van der Waals surface area contributed by atoms with Gasteiger partial charge < -0.3 is 15.2 Å². The molecule has 0 radical (unpaired) electrons. The van der Waals surface area contributed by atoms with E-state index in [0.29, 0.717) is 10.2 Å². The van der Waals surface area contributed by atoms with Gasteiger partial charge in [0.1, 0.15) is 11.3 Å². The average Bonchev–Trinajstić information content (AvgIpc) is 2.14. The van der Waals surface area contributed by atoms with Crippen LogP contribution in [0.15, 0.2) is 16.6 Å². The van der Waals surface area contributed by atoms with Crippen LogP contribution < -0.4 is 10.1 Å². The first kappa shape index (κ1) is 12.5. The number of nitrogens with one attached hydrogen (secondary N) is 1. The first-order valence-electron chi connectivity index (χ1n) is 4.34. The molecule has 0 aliphatic heterocycles. The monoisotopic (exact) mass is 287 g/mol. The van der Waals surface area contributed by atoms with E-state index in [4.69, 9.17) is 9.84 Å². The predicted octanol–water partition coefficient (Wildman–Crippen LogP) is 2.11. The number of benzene rings is 1. The van der Waals surface area contributed by atoms with E-state index in [2.05, 4.69) is 21.2 Å². The first-order chi connectivity index (χ1) is 7.45. The van der Waals surface area contributed by atoms with Crippen molar-refractivity contribution in [2.45, 2.75) is 6.92 Å². The van der Waals surface area contributed by atoms with Crippen molar-refractivity contribution in [1.29, 1.82) is 0 Å². The molecule has 0 bridgehead atoms. The molecule has 0 aromatic heterocycles. The Morgan fingerprint density at radius 2 is 2.06 bits per heavy atom. The Balaban J connectivity index is 3.26. The minimum absolute atomic E-state index is 0.0246. The zero-order chi connectivity index (χ0) is 12.3. The maximum absolute atomic E-state index is 10.9. The summed E-state index contributed by atoms with van der Waals surface area (Å²) in [6.45, 7) is 1.37. The standard InChI is InChI=1S/C10H10BrNO4/c1-5(13)12-6-3-7(11)9(10(14)15)8(4-6)16-2/h3-4H,1-2H3,(H,12,13)(H,14,15). The molecule has 0 aliphatic carbocycles. The lowest BCUT2D eigenvalue weighted by molar-refractivity contribution is -0.114. The van der Waals surface area contributed by atoms with Gasteiger partial charge in [-0.15, -0.1) is 0 Å². The largest absolute Gasteiger partial charge is 0.496 e. The van der Waals surface area contributed by atoms with Gasteiger partial charge in [0.05, 0.1) is 7.11 Å². The van der Waals surface area contributed by atoms with Crippen molar-refractivity contribution in [3.05, 3.63) is 22.2 Å². The maximum atomic E-state index is 10.9. The normalized spacial score (nSPS) is 9.69. The van der Waals surface area contributed by atoms with Gasteiger partial charge in [-0.1, -0.05) is 0 Å². The molecule has 1 amide bonds. The summed E-state index contributed by atoms with van der Waals surface area (Å²) in [5.41, 5.74) is 0.498. The number of carbonyl (C=O) groups is 2. The molecule has 0 fully saturated rings. The lowest BCUT2D eigenvalue weighted by atomic mass is 10.2. The third kappa shape index (κ3) is 2.73. The summed E-state index contributed by atoms with van der Waals surface area (Å²) in [6.07, 6.45) is 0. The zero-order valence-corrected chi connectivity index (χ0v) is 10.3. The summed E-state index contributed by atoms with van der Waals surface area (Å²) in [5, 5.41) is 11.5. The highest BCUT2D eigenvalue weighted by molar-refractivity contribution is 9.10. The second-order valence-electron chi connectivity index (χ2n) is 3.02. The van der Waals surface area contributed by atoms with Crippen LogP contribution in [0.2, 0.25) is 0 Å². The van der Waals surface area contributed by atoms with E-state index in [9.17, 15) is 9.59 Å². The number of aromatic carboxylic acids is 1. The van der Waals surface area contributed by atoms with Gasteiger partial charge in [0.25, 0.3) is 0 Å². The Bertz CT molecular complexity index is 445. The summed E-state index contributed by atoms with van der Waals surface area (Å²) < 4.78 is 5.30. The van der Waals surface area contributed by atoms with Crippen LogP contribution in [0.1, 0.15) is 17.3 Å². The number of carboxylic acids is 1. The SMILES string of the molecule is COc1cc(NC(C)=O)cc(Br)c1C(=O)O. The van der Waals surface area contributed by atoms with E-state index in [0.717, 1.165) is 0 Å². The number of hydrogen-bond donors (Lipinski definition) is 2. The van der Waals surface area contributed by atoms with Crippen LogP contribution in [-0.4, -0.2) is 24.1 Å². The fraction of sp³-hybridized carbons (Fsp3) is 0.200. The number of ether oxygens (including phenoxy) is 1. The van der Waals surface area contributed by atoms with Crippen LogP contribution in [0, 0.1) is 0 Å². The van der Waals surface area contributed by atoms with Crippen molar-refractivity contribution < 1.29 is 19.4 Å². The van der Waals surface area contributed by atoms with E-state index in [1.165, 1.54) is 26.2 Å². The van der Waals surface area contributed by atoms with E-state index in [1.807, 2.05) is 0 Å². The van der Waals surface area contributed by atoms with Crippen LogP contribution >= 0.6 is 15.9 Å². The quantitative estimate of drug-likeness (QED) is 0.893. The van der Waals surface area contributed by atoms with Crippen molar-refractivity contribution in [1.82, 2.24) is 0 Å². The van der Waals surface area contributed by atoms with Crippen molar-refractivity contribution in [2.75, 3.05) is 12.4 Å². The molecule has 1 aromatic rings. The van der Waals surface area contributed by atoms with Crippen molar-refractivity contribution in [3.63, 3.8) is 0 Å². The van der Waals surface area contributed by atoms with Gasteiger partial charge in [0, 0.05) is 23.2 Å². The second kappa shape index (κ2) is 4.98. The van der Waals surface area contributed by atoms with Crippen LogP contribution in [0.4, 0.5) is 5.69 Å². The van der Waals surface area contributed by atoms with Crippen molar-refractivity contribution in [3.8, 4) is 5.75 Å². The molecule has 0 aliphatic rings.